The van der Waals surface area contributed by atoms with Crippen LogP contribution < -0.4 is 5.32 Å². The Kier molecular flexibility index (Phi) is 5.09. The van der Waals surface area contributed by atoms with Crippen molar-refractivity contribution >= 4 is 0 Å². The lowest BCUT2D eigenvalue weighted by atomic mass is 10.0. The Morgan fingerprint density at radius 1 is 0.913 bits per heavy atom. The van der Waals surface area contributed by atoms with Crippen LogP contribution in [0, 0.1) is 0 Å². The van der Waals surface area contributed by atoms with Gasteiger partial charge < -0.3 is 10.4 Å². The van der Waals surface area contributed by atoms with E-state index in [0.29, 0.717) is 13.1 Å². The summed E-state index contributed by atoms with van der Waals surface area (Å²) in [7, 11) is 0. The molecular formula is C19H19N3O. The van der Waals surface area contributed by atoms with E-state index in [1.165, 1.54) is 5.56 Å². The molecule has 0 bridgehead atoms. The maximum Gasteiger partial charge on any atom is 0.0915 e. The molecule has 2 N–H and O–H groups in total. The van der Waals surface area contributed by atoms with Crippen molar-refractivity contribution in [2.75, 3.05) is 6.54 Å². The molecule has 1 aromatic carbocycles. The fourth-order valence-electron chi connectivity index (χ4n) is 2.45. The summed E-state index contributed by atoms with van der Waals surface area (Å²) in [5, 5.41) is 13.4. The minimum atomic E-state index is -0.528. The van der Waals surface area contributed by atoms with Crippen LogP contribution in [0.3, 0.4) is 0 Å². The van der Waals surface area contributed by atoms with Crippen molar-refractivity contribution in [3.63, 3.8) is 0 Å². The molecule has 2 aromatic heterocycles. The predicted octanol–water partition coefficient (Wildman–Crippen LogP) is 2.97. The smallest absolute Gasteiger partial charge is 0.0915 e. The number of rotatable bonds is 6. The first-order chi connectivity index (χ1) is 11.3. The van der Waals surface area contributed by atoms with Crippen LogP contribution in [0.5, 0.6) is 0 Å². The van der Waals surface area contributed by atoms with E-state index in [2.05, 4.69) is 33.5 Å². The molecule has 0 saturated carbocycles. The number of pyridine rings is 2. The zero-order valence-corrected chi connectivity index (χ0v) is 12.8. The van der Waals surface area contributed by atoms with Crippen molar-refractivity contribution in [3.8, 4) is 11.1 Å². The molecule has 0 spiro atoms. The first-order valence-electron chi connectivity index (χ1n) is 7.61. The number of aliphatic hydroxyl groups is 1. The van der Waals surface area contributed by atoms with Crippen molar-refractivity contribution in [1.82, 2.24) is 15.3 Å². The molecule has 0 saturated heterocycles. The molecule has 2 heterocycles. The molecule has 0 aliphatic rings. The highest BCUT2D eigenvalue weighted by molar-refractivity contribution is 5.62. The van der Waals surface area contributed by atoms with Gasteiger partial charge in [0, 0.05) is 37.9 Å². The minimum absolute atomic E-state index is 0.501. The number of nitrogens with zero attached hydrogens (tertiary/aromatic N) is 2. The van der Waals surface area contributed by atoms with Gasteiger partial charge in [-0.1, -0.05) is 24.3 Å². The number of nitrogens with one attached hydrogen (secondary N) is 1. The van der Waals surface area contributed by atoms with Crippen LogP contribution >= 0.6 is 0 Å². The third-order valence-corrected chi connectivity index (χ3v) is 3.68. The van der Waals surface area contributed by atoms with Crippen LogP contribution in [0.4, 0.5) is 0 Å². The van der Waals surface area contributed by atoms with Gasteiger partial charge in [0.2, 0.25) is 0 Å². The van der Waals surface area contributed by atoms with E-state index < -0.39 is 6.10 Å². The molecular weight excluding hydrogens is 286 g/mol. The summed E-state index contributed by atoms with van der Waals surface area (Å²) in [5.41, 5.74) is 4.29. The van der Waals surface area contributed by atoms with Gasteiger partial charge >= 0.3 is 0 Å². The second-order valence-corrected chi connectivity index (χ2v) is 5.37. The molecule has 3 rings (SSSR count). The number of aliphatic hydroxyl groups excluding tert-OH is 1. The summed E-state index contributed by atoms with van der Waals surface area (Å²) in [5.74, 6) is 0. The molecule has 0 aliphatic heterocycles. The lowest BCUT2D eigenvalue weighted by Crippen LogP contribution is -2.21. The van der Waals surface area contributed by atoms with Crippen LogP contribution in [0.1, 0.15) is 17.2 Å². The average Bonchev–Trinajstić information content (AvgIpc) is 2.63. The molecule has 1 unspecified atom stereocenters. The topological polar surface area (TPSA) is 58.0 Å². The van der Waals surface area contributed by atoms with E-state index in [4.69, 9.17) is 0 Å². The van der Waals surface area contributed by atoms with E-state index in [1.807, 2.05) is 36.5 Å². The van der Waals surface area contributed by atoms with Gasteiger partial charge in [-0.3, -0.25) is 9.97 Å². The molecule has 4 heteroatoms. The Labute approximate surface area is 135 Å². The zero-order valence-electron chi connectivity index (χ0n) is 12.8. The summed E-state index contributed by atoms with van der Waals surface area (Å²) in [6, 6.07) is 16.0. The highest BCUT2D eigenvalue weighted by Crippen LogP contribution is 2.19. The predicted molar refractivity (Wildman–Crippen MR) is 90.6 cm³/mol. The summed E-state index contributed by atoms with van der Waals surface area (Å²) in [6.07, 6.45) is 6.49. The molecule has 0 amide bonds. The maximum absolute atomic E-state index is 10.1. The summed E-state index contributed by atoms with van der Waals surface area (Å²) < 4.78 is 0. The Morgan fingerprint density at radius 3 is 2.52 bits per heavy atom. The number of benzene rings is 1. The fourth-order valence-corrected chi connectivity index (χ4v) is 2.45. The molecule has 23 heavy (non-hydrogen) atoms. The number of hydrogen-bond acceptors (Lipinski definition) is 4. The zero-order chi connectivity index (χ0) is 15.9. The van der Waals surface area contributed by atoms with E-state index in [-0.39, 0.29) is 0 Å². The van der Waals surface area contributed by atoms with Gasteiger partial charge in [0.15, 0.2) is 0 Å². The molecule has 0 fully saturated rings. The number of hydrogen-bond donors (Lipinski definition) is 2. The van der Waals surface area contributed by atoms with E-state index in [9.17, 15) is 5.11 Å². The van der Waals surface area contributed by atoms with Gasteiger partial charge in [-0.25, -0.2) is 0 Å². The fraction of sp³-hybridized carbons (Fsp3) is 0.158. The standard InChI is InChI=1S/C19H19N3O/c23-19(16-6-9-20-10-7-16)14-22-12-15-3-1-4-17(11-15)18-5-2-8-21-13-18/h1-11,13,19,22-23H,12,14H2. The third-order valence-electron chi connectivity index (χ3n) is 3.68. The SMILES string of the molecule is OC(CNCc1cccc(-c2cccnc2)c1)c1ccncc1. The molecule has 1 atom stereocenters. The van der Waals surface area contributed by atoms with Crippen LogP contribution in [0.2, 0.25) is 0 Å². The van der Waals surface area contributed by atoms with Crippen molar-refractivity contribution < 1.29 is 5.11 Å². The van der Waals surface area contributed by atoms with Crippen molar-refractivity contribution in [1.29, 1.82) is 0 Å². The van der Waals surface area contributed by atoms with Gasteiger partial charge in [-0.15, -0.1) is 0 Å². The maximum atomic E-state index is 10.1. The van der Waals surface area contributed by atoms with Crippen molar-refractivity contribution in [3.05, 3.63) is 84.4 Å². The molecule has 4 nitrogen and oxygen atoms in total. The highest BCUT2D eigenvalue weighted by Gasteiger charge is 2.06. The van der Waals surface area contributed by atoms with Gasteiger partial charge in [0.25, 0.3) is 0 Å². The van der Waals surface area contributed by atoms with E-state index in [1.54, 1.807) is 18.6 Å². The quantitative estimate of drug-likeness (QED) is 0.735. The second-order valence-electron chi connectivity index (χ2n) is 5.37. The molecule has 0 radical (unpaired) electrons. The molecule has 116 valence electrons. The van der Waals surface area contributed by atoms with Crippen LogP contribution in [-0.4, -0.2) is 21.6 Å². The Balaban J connectivity index is 1.59. The van der Waals surface area contributed by atoms with Crippen molar-refractivity contribution in [2.24, 2.45) is 0 Å². The Morgan fingerprint density at radius 2 is 1.74 bits per heavy atom. The second kappa shape index (κ2) is 7.63. The highest BCUT2D eigenvalue weighted by atomic mass is 16.3. The van der Waals surface area contributed by atoms with Gasteiger partial charge in [0.05, 0.1) is 6.10 Å². The van der Waals surface area contributed by atoms with Gasteiger partial charge in [-0.05, 0) is 46.5 Å². The molecule has 0 aliphatic carbocycles. The van der Waals surface area contributed by atoms with Crippen LogP contribution in [0.25, 0.3) is 11.1 Å². The van der Waals surface area contributed by atoms with Crippen LogP contribution in [0.15, 0.2) is 73.3 Å². The third kappa shape index (κ3) is 4.22. The first-order valence-corrected chi connectivity index (χ1v) is 7.61. The normalized spacial score (nSPS) is 12.0. The van der Waals surface area contributed by atoms with Crippen LogP contribution in [-0.2, 0) is 6.54 Å². The Bertz CT molecular complexity index is 732. The monoisotopic (exact) mass is 305 g/mol. The summed E-state index contributed by atoms with van der Waals surface area (Å²) in [6.45, 7) is 1.21. The average molecular weight is 305 g/mol. The minimum Gasteiger partial charge on any atom is -0.387 e. The van der Waals surface area contributed by atoms with E-state index in [0.717, 1.165) is 16.7 Å². The molecule has 3 aromatic rings. The van der Waals surface area contributed by atoms with E-state index >= 15 is 0 Å². The first kappa shape index (κ1) is 15.3. The lowest BCUT2D eigenvalue weighted by molar-refractivity contribution is 0.174. The lowest BCUT2D eigenvalue weighted by Gasteiger charge is -2.12. The summed E-state index contributed by atoms with van der Waals surface area (Å²) >= 11 is 0. The van der Waals surface area contributed by atoms with Gasteiger partial charge in [-0.2, -0.15) is 0 Å². The summed E-state index contributed by atoms with van der Waals surface area (Å²) in [4.78, 5) is 8.11. The largest absolute Gasteiger partial charge is 0.387 e. The number of aromatic nitrogens is 2. The van der Waals surface area contributed by atoms with Crippen molar-refractivity contribution in [2.45, 2.75) is 12.6 Å². The van der Waals surface area contributed by atoms with Gasteiger partial charge in [0.1, 0.15) is 0 Å². The Hall–Kier alpha value is -2.56.